The number of methoxy groups -OCH3 is 1. The summed E-state index contributed by atoms with van der Waals surface area (Å²) >= 11 is 0. The van der Waals surface area contributed by atoms with Crippen LogP contribution in [0.15, 0.2) is 36.5 Å². The van der Waals surface area contributed by atoms with Crippen molar-refractivity contribution < 1.29 is 9.53 Å². The Bertz CT molecular complexity index is 584. The van der Waals surface area contributed by atoms with E-state index in [1.165, 1.54) is 0 Å². The Morgan fingerprint density at radius 3 is 2.65 bits per heavy atom. The number of hydrogen-bond donors (Lipinski definition) is 2. The largest absolute Gasteiger partial charge is 0.481 e. The minimum absolute atomic E-state index is 0.0966. The zero-order valence-electron chi connectivity index (χ0n) is 11.4. The van der Waals surface area contributed by atoms with Crippen molar-refractivity contribution in [2.24, 2.45) is 0 Å². The van der Waals surface area contributed by atoms with Crippen LogP contribution in [0.1, 0.15) is 15.9 Å². The third-order valence-corrected chi connectivity index (χ3v) is 2.73. The number of nitrogens with zero attached hydrogens (tertiary/aromatic N) is 2. The van der Waals surface area contributed by atoms with Gasteiger partial charge in [-0.05, 0) is 17.7 Å². The van der Waals surface area contributed by atoms with E-state index >= 15 is 0 Å². The van der Waals surface area contributed by atoms with Gasteiger partial charge in [0.1, 0.15) is 0 Å². The van der Waals surface area contributed by atoms with E-state index < -0.39 is 0 Å². The Morgan fingerprint density at radius 1 is 1.25 bits per heavy atom. The van der Waals surface area contributed by atoms with Crippen LogP contribution in [0.2, 0.25) is 0 Å². The normalized spacial score (nSPS) is 9.90. The van der Waals surface area contributed by atoms with Crippen LogP contribution in [0.25, 0.3) is 0 Å². The van der Waals surface area contributed by atoms with Gasteiger partial charge in [0, 0.05) is 31.4 Å². The maximum Gasteiger partial charge on any atom is 0.251 e. The van der Waals surface area contributed by atoms with Gasteiger partial charge < -0.3 is 15.4 Å². The molecule has 1 amide bonds. The van der Waals surface area contributed by atoms with E-state index in [0.717, 1.165) is 5.56 Å². The first-order valence-electron chi connectivity index (χ1n) is 6.15. The van der Waals surface area contributed by atoms with Crippen LogP contribution >= 0.6 is 0 Å². The topological polar surface area (TPSA) is 76.1 Å². The number of carbonyl (C=O) groups excluding carboxylic acids is 1. The standard InChI is InChI=1S/C14H16N4O2/c1-15-13(19)11-5-3-10(4-6-11)9-17-14-16-8-7-12(18-14)20-2/h3-8H,9H2,1-2H3,(H,15,19)(H,16,17,18). The Labute approximate surface area is 117 Å². The summed E-state index contributed by atoms with van der Waals surface area (Å²) in [6.07, 6.45) is 1.63. The maximum absolute atomic E-state index is 11.4. The van der Waals surface area contributed by atoms with Crippen molar-refractivity contribution in [2.75, 3.05) is 19.5 Å². The van der Waals surface area contributed by atoms with Crippen LogP contribution in [-0.2, 0) is 6.54 Å². The van der Waals surface area contributed by atoms with Crippen LogP contribution < -0.4 is 15.4 Å². The SMILES string of the molecule is CNC(=O)c1ccc(CNc2nccc(OC)n2)cc1. The van der Waals surface area contributed by atoms with Gasteiger partial charge in [-0.2, -0.15) is 4.98 Å². The molecule has 1 aromatic carbocycles. The molecule has 6 nitrogen and oxygen atoms in total. The second-order valence-corrected chi connectivity index (χ2v) is 4.05. The molecule has 2 rings (SSSR count). The van der Waals surface area contributed by atoms with Gasteiger partial charge in [0.05, 0.1) is 7.11 Å². The summed E-state index contributed by atoms with van der Waals surface area (Å²) in [6.45, 7) is 0.571. The lowest BCUT2D eigenvalue weighted by atomic mass is 10.1. The molecule has 0 aliphatic heterocycles. The molecule has 104 valence electrons. The fraction of sp³-hybridized carbons (Fsp3) is 0.214. The number of ether oxygens (including phenoxy) is 1. The lowest BCUT2D eigenvalue weighted by molar-refractivity contribution is 0.0963. The van der Waals surface area contributed by atoms with Crippen LogP contribution in [0.3, 0.4) is 0 Å². The number of benzene rings is 1. The summed E-state index contributed by atoms with van der Waals surface area (Å²) < 4.78 is 5.03. The smallest absolute Gasteiger partial charge is 0.251 e. The molecule has 1 heterocycles. The van der Waals surface area contributed by atoms with Crippen LogP contribution in [0, 0.1) is 0 Å². The van der Waals surface area contributed by atoms with Gasteiger partial charge >= 0.3 is 0 Å². The van der Waals surface area contributed by atoms with Crippen molar-refractivity contribution in [3.05, 3.63) is 47.7 Å². The molecule has 0 bridgehead atoms. The van der Waals surface area contributed by atoms with E-state index in [0.29, 0.717) is 23.9 Å². The zero-order valence-corrected chi connectivity index (χ0v) is 11.4. The Balaban J connectivity index is 1.98. The van der Waals surface area contributed by atoms with Gasteiger partial charge in [-0.25, -0.2) is 4.98 Å². The summed E-state index contributed by atoms with van der Waals surface area (Å²) in [7, 11) is 3.17. The lowest BCUT2D eigenvalue weighted by Crippen LogP contribution is -2.17. The molecule has 0 saturated carbocycles. The molecular weight excluding hydrogens is 256 g/mol. The molecule has 6 heteroatoms. The number of hydrogen-bond acceptors (Lipinski definition) is 5. The number of aromatic nitrogens is 2. The molecule has 2 aromatic rings. The lowest BCUT2D eigenvalue weighted by Gasteiger charge is -2.06. The maximum atomic E-state index is 11.4. The predicted molar refractivity (Wildman–Crippen MR) is 75.7 cm³/mol. The van der Waals surface area contributed by atoms with Gasteiger partial charge in [0.15, 0.2) is 0 Å². The third kappa shape index (κ3) is 3.44. The predicted octanol–water partition coefficient (Wildman–Crippen LogP) is 1.46. The van der Waals surface area contributed by atoms with E-state index in [-0.39, 0.29) is 5.91 Å². The second-order valence-electron chi connectivity index (χ2n) is 4.05. The minimum Gasteiger partial charge on any atom is -0.481 e. The number of anilines is 1. The third-order valence-electron chi connectivity index (χ3n) is 2.73. The zero-order chi connectivity index (χ0) is 14.4. The average molecular weight is 272 g/mol. The minimum atomic E-state index is -0.0966. The van der Waals surface area contributed by atoms with E-state index in [4.69, 9.17) is 4.74 Å². The average Bonchev–Trinajstić information content (AvgIpc) is 2.53. The number of carbonyl (C=O) groups is 1. The molecule has 0 unspecified atom stereocenters. The number of nitrogens with one attached hydrogen (secondary N) is 2. The molecule has 0 aliphatic carbocycles. The summed E-state index contributed by atoms with van der Waals surface area (Å²) in [6, 6.07) is 9.02. The molecule has 1 aromatic heterocycles. The van der Waals surface area contributed by atoms with Crippen LogP contribution in [0.5, 0.6) is 5.88 Å². The Kier molecular flexibility index (Phi) is 4.49. The van der Waals surface area contributed by atoms with Gasteiger partial charge in [-0.3, -0.25) is 4.79 Å². The molecule has 0 spiro atoms. The fourth-order valence-electron chi connectivity index (χ4n) is 1.64. The molecule has 0 radical (unpaired) electrons. The summed E-state index contributed by atoms with van der Waals surface area (Å²) in [5, 5.41) is 5.68. The van der Waals surface area contributed by atoms with Crippen molar-refractivity contribution in [3.8, 4) is 5.88 Å². The highest BCUT2D eigenvalue weighted by atomic mass is 16.5. The van der Waals surface area contributed by atoms with Crippen LogP contribution in [-0.4, -0.2) is 30.0 Å². The van der Waals surface area contributed by atoms with E-state index in [1.54, 1.807) is 38.6 Å². The second kappa shape index (κ2) is 6.51. The van der Waals surface area contributed by atoms with Crippen molar-refractivity contribution in [1.29, 1.82) is 0 Å². The molecule has 0 atom stereocenters. The quantitative estimate of drug-likeness (QED) is 0.861. The van der Waals surface area contributed by atoms with Crippen molar-refractivity contribution in [3.63, 3.8) is 0 Å². The van der Waals surface area contributed by atoms with Crippen molar-refractivity contribution in [1.82, 2.24) is 15.3 Å². The first-order valence-corrected chi connectivity index (χ1v) is 6.15. The molecule has 0 aliphatic rings. The van der Waals surface area contributed by atoms with Gasteiger partial charge in [-0.15, -0.1) is 0 Å². The first kappa shape index (κ1) is 13.8. The van der Waals surface area contributed by atoms with E-state index in [2.05, 4.69) is 20.6 Å². The van der Waals surface area contributed by atoms with E-state index in [9.17, 15) is 4.79 Å². The molecule has 2 N–H and O–H groups in total. The monoisotopic (exact) mass is 272 g/mol. The summed E-state index contributed by atoms with van der Waals surface area (Å²) in [5.74, 6) is 0.915. The highest BCUT2D eigenvalue weighted by Crippen LogP contribution is 2.10. The Hall–Kier alpha value is -2.63. The fourth-order valence-corrected chi connectivity index (χ4v) is 1.64. The van der Waals surface area contributed by atoms with E-state index in [1.807, 2.05) is 12.1 Å². The molecule has 20 heavy (non-hydrogen) atoms. The highest BCUT2D eigenvalue weighted by molar-refractivity contribution is 5.93. The Morgan fingerprint density at radius 2 is 2.00 bits per heavy atom. The first-order chi connectivity index (χ1) is 9.72. The van der Waals surface area contributed by atoms with Gasteiger partial charge in [0.2, 0.25) is 11.8 Å². The molecule has 0 saturated heterocycles. The number of rotatable bonds is 5. The van der Waals surface area contributed by atoms with Gasteiger partial charge in [-0.1, -0.05) is 12.1 Å². The van der Waals surface area contributed by atoms with Crippen LogP contribution in [0.4, 0.5) is 5.95 Å². The van der Waals surface area contributed by atoms with Crippen molar-refractivity contribution in [2.45, 2.75) is 6.54 Å². The van der Waals surface area contributed by atoms with Crippen molar-refractivity contribution >= 4 is 11.9 Å². The molecular formula is C14H16N4O2. The highest BCUT2D eigenvalue weighted by Gasteiger charge is 2.03. The number of amides is 1. The summed E-state index contributed by atoms with van der Waals surface area (Å²) in [5.41, 5.74) is 1.66. The van der Waals surface area contributed by atoms with Gasteiger partial charge in [0.25, 0.3) is 5.91 Å². The summed E-state index contributed by atoms with van der Waals surface area (Å²) in [4.78, 5) is 19.7. The molecule has 0 fully saturated rings.